The zero-order valence-corrected chi connectivity index (χ0v) is 14.2. The number of hydrogen-bond donors (Lipinski definition) is 0. The summed E-state index contributed by atoms with van der Waals surface area (Å²) in [6.45, 7) is 6.09. The second-order valence-electron chi connectivity index (χ2n) is 5.59. The lowest BCUT2D eigenvalue weighted by Gasteiger charge is -2.24. The second kappa shape index (κ2) is 9.30. The molecule has 5 heteroatoms. The summed E-state index contributed by atoms with van der Waals surface area (Å²) in [5, 5.41) is 0. The van der Waals surface area contributed by atoms with Crippen molar-refractivity contribution in [2.75, 3.05) is 41.0 Å². The van der Waals surface area contributed by atoms with E-state index in [2.05, 4.69) is 13.8 Å². The van der Waals surface area contributed by atoms with E-state index in [0.29, 0.717) is 37.0 Å². The zero-order valence-electron chi connectivity index (χ0n) is 14.2. The van der Waals surface area contributed by atoms with E-state index in [1.807, 2.05) is 23.1 Å². The molecule has 22 heavy (non-hydrogen) atoms. The number of ether oxygens (including phenoxy) is 3. The van der Waals surface area contributed by atoms with Gasteiger partial charge in [0.25, 0.3) is 0 Å². The Labute approximate surface area is 133 Å². The van der Waals surface area contributed by atoms with Gasteiger partial charge in [-0.05, 0) is 23.6 Å². The first-order valence-electron chi connectivity index (χ1n) is 7.49. The van der Waals surface area contributed by atoms with Crippen LogP contribution in [0.3, 0.4) is 0 Å². The van der Waals surface area contributed by atoms with E-state index in [1.54, 1.807) is 21.3 Å². The minimum absolute atomic E-state index is 0.0953. The van der Waals surface area contributed by atoms with Crippen LogP contribution in [0.5, 0.6) is 11.5 Å². The summed E-state index contributed by atoms with van der Waals surface area (Å²) in [4.78, 5) is 14.4. The average Bonchev–Trinajstić information content (AvgIpc) is 2.50. The summed E-state index contributed by atoms with van der Waals surface area (Å²) in [6, 6.07) is 5.56. The summed E-state index contributed by atoms with van der Waals surface area (Å²) in [5.74, 6) is 1.82. The predicted molar refractivity (Wildman–Crippen MR) is 86.5 cm³/mol. The van der Waals surface area contributed by atoms with E-state index in [1.165, 1.54) is 0 Å². The van der Waals surface area contributed by atoms with E-state index in [4.69, 9.17) is 14.2 Å². The Balaban J connectivity index is 2.79. The quantitative estimate of drug-likeness (QED) is 0.703. The first kappa shape index (κ1) is 18.3. The summed E-state index contributed by atoms with van der Waals surface area (Å²) in [7, 11) is 4.83. The zero-order chi connectivity index (χ0) is 16.5. The monoisotopic (exact) mass is 309 g/mol. The number of hydrogen-bond acceptors (Lipinski definition) is 4. The molecule has 0 saturated carbocycles. The first-order valence-corrected chi connectivity index (χ1v) is 7.49. The highest BCUT2D eigenvalue weighted by Gasteiger charge is 2.16. The lowest BCUT2D eigenvalue weighted by atomic mass is 10.1. The molecule has 0 unspecified atom stereocenters. The van der Waals surface area contributed by atoms with E-state index in [-0.39, 0.29) is 5.91 Å². The fourth-order valence-corrected chi connectivity index (χ4v) is 2.24. The van der Waals surface area contributed by atoms with Crippen LogP contribution in [0.4, 0.5) is 0 Å². The van der Waals surface area contributed by atoms with Crippen LogP contribution in [0.2, 0.25) is 0 Å². The van der Waals surface area contributed by atoms with Crippen LogP contribution in [0.15, 0.2) is 18.2 Å². The van der Waals surface area contributed by atoms with Crippen molar-refractivity contribution in [2.45, 2.75) is 20.3 Å². The molecule has 0 saturated heterocycles. The minimum Gasteiger partial charge on any atom is -0.493 e. The van der Waals surface area contributed by atoms with Gasteiger partial charge in [-0.3, -0.25) is 4.79 Å². The van der Waals surface area contributed by atoms with Gasteiger partial charge in [0.1, 0.15) is 0 Å². The Hall–Kier alpha value is -1.75. The predicted octanol–water partition coefficient (Wildman–Crippen LogP) is 2.38. The van der Waals surface area contributed by atoms with Gasteiger partial charge in [-0.2, -0.15) is 0 Å². The van der Waals surface area contributed by atoms with Crippen LogP contribution in [0.25, 0.3) is 0 Å². The van der Waals surface area contributed by atoms with Gasteiger partial charge in [-0.1, -0.05) is 19.9 Å². The largest absolute Gasteiger partial charge is 0.493 e. The molecular weight excluding hydrogens is 282 g/mol. The van der Waals surface area contributed by atoms with E-state index in [0.717, 1.165) is 12.1 Å². The van der Waals surface area contributed by atoms with E-state index >= 15 is 0 Å². The Morgan fingerprint density at radius 1 is 1.14 bits per heavy atom. The Morgan fingerprint density at radius 3 is 2.36 bits per heavy atom. The van der Waals surface area contributed by atoms with Crippen molar-refractivity contribution in [3.05, 3.63) is 23.8 Å². The van der Waals surface area contributed by atoms with Crippen LogP contribution >= 0.6 is 0 Å². The summed E-state index contributed by atoms with van der Waals surface area (Å²) in [5.41, 5.74) is 0.911. The lowest BCUT2D eigenvalue weighted by molar-refractivity contribution is -0.131. The number of nitrogens with zero attached hydrogens (tertiary/aromatic N) is 1. The van der Waals surface area contributed by atoms with Crippen molar-refractivity contribution in [1.29, 1.82) is 0 Å². The van der Waals surface area contributed by atoms with Gasteiger partial charge >= 0.3 is 0 Å². The highest BCUT2D eigenvalue weighted by Crippen LogP contribution is 2.27. The second-order valence-corrected chi connectivity index (χ2v) is 5.59. The van der Waals surface area contributed by atoms with Crippen molar-refractivity contribution in [1.82, 2.24) is 4.90 Å². The normalized spacial score (nSPS) is 10.6. The van der Waals surface area contributed by atoms with Crippen LogP contribution in [0, 0.1) is 5.92 Å². The Bertz CT molecular complexity index is 474. The van der Waals surface area contributed by atoms with Crippen LogP contribution < -0.4 is 9.47 Å². The van der Waals surface area contributed by atoms with Gasteiger partial charge in [0.15, 0.2) is 11.5 Å². The van der Waals surface area contributed by atoms with Gasteiger partial charge in [-0.15, -0.1) is 0 Å². The molecule has 124 valence electrons. The number of methoxy groups -OCH3 is 3. The van der Waals surface area contributed by atoms with Crippen LogP contribution in [0.1, 0.15) is 19.4 Å². The standard InChI is InChI=1S/C17H27NO4/c1-13(2)12-18(8-9-20-3)17(19)11-14-6-7-15(21-4)16(10-14)22-5/h6-7,10,13H,8-9,11-12H2,1-5H3. The van der Waals surface area contributed by atoms with Crippen molar-refractivity contribution in [3.8, 4) is 11.5 Å². The van der Waals surface area contributed by atoms with Crippen molar-refractivity contribution in [3.63, 3.8) is 0 Å². The third kappa shape index (κ3) is 5.56. The molecule has 5 nitrogen and oxygen atoms in total. The van der Waals surface area contributed by atoms with Crippen molar-refractivity contribution >= 4 is 5.91 Å². The van der Waals surface area contributed by atoms with Crippen LogP contribution in [-0.4, -0.2) is 51.8 Å². The lowest BCUT2D eigenvalue weighted by Crippen LogP contribution is -2.37. The summed E-state index contributed by atoms with van der Waals surface area (Å²) < 4.78 is 15.6. The third-order valence-electron chi connectivity index (χ3n) is 3.31. The fourth-order valence-electron chi connectivity index (χ4n) is 2.24. The molecule has 0 radical (unpaired) electrons. The molecule has 1 aromatic carbocycles. The molecule has 0 aliphatic heterocycles. The molecule has 0 spiro atoms. The van der Waals surface area contributed by atoms with Crippen molar-refractivity contribution < 1.29 is 19.0 Å². The topological polar surface area (TPSA) is 48.0 Å². The fraction of sp³-hybridized carbons (Fsp3) is 0.588. The summed E-state index contributed by atoms with van der Waals surface area (Å²) in [6.07, 6.45) is 0.344. The minimum atomic E-state index is 0.0953. The van der Waals surface area contributed by atoms with Gasteiger partial charge in [0.05, 0.1) is 27.2 Å². The molecule has 1 aromatic rings. The smallest absolute Gasteiger partial charge is 0.227 e. The van der Waals surface area contributed by atoms with Crippen molar-refractivity contribution in [2.24, 2.45) is 5.92 Å². The van der Waals surface area contributed by atoms with E-state index < -0.39 is 0 Å². The first-order chi connectivity index (χ1) is 10.5. The highest BCUT2D eigenvalue weighted by molar-refractivity contribution is 5.79. The number of carbonyl (C=O) groups is 1. The highest BCUT2D eigenvalue weighted by atomic mass is 16.5. The van der Waals surface area contributed by atoms with Gasteiger partial charge in [0, 0.05) is 20.2 Å². The SMILES string of the molecule is COCCN(CC(C)C)C(=O)Cc1ccc(OC)c(OC)c1. The maximum atomic E-state index is 12.5. The van der Waals surface area contributed by atoms with Gasteiger partial charge < -0.3 is 19.1 Å². The molecule has 0 N–H and O–H groups in total. The molecule has 0 aliphatic carbocycles. The van der Waals surface area contributed by atoms with Gasteiger partial charge in [-0.25, -0.2) is 0 Å². The Kier molecular flexibility index (Phi) is 7.74. The number of rotatable bonds is 9. The third-order valence-corrected chi connectivity index (χ3v) is 3.31. The molecule has 0 aromatic heterocycles. The molecule has 0 fully saturated rings. The average molecular weight is 309 g/mol. The number of benzene rings is 1. The Morgan fingerprint density at radius 2 is 1.82 bits per heavy atom. The van der Waals surface area contributed by atoms with Crippen LogP contribution in [-0.2, 0) is 16.0 Å². The molecular formula is C17H27NO4. The molecule has 0 bridgehead atoms. The number of carbonyl (C=O) groups excluding carboxylic acids is 1. The van der Waals surface area contributed by atoms with E-state index in [9.17, 15) is 4.79 Å². The molecule has 0 heterocycles. The maximum absolute atomic E-state index is 12.5. The molecule has 0 aliphatic rings. The maximum Gasteiger partial charge on any atom is 0.227 e. The summed E-state index contributed by atoms with van der Waals surface area (Å²) >= 11 is 0. The molecule has 1 rings (SSSR count). The molecule has 0 atom stereocenters. The molecule has 1 amide bonds. The number of amides is 1. The van der Waals surface area contributed by atoms with Gasteiger partial charge in [0.2, 0.25) is 5.91 Å².